The molecular weight excluding hydrogens is 352 g/mol. The largest absolute Gasteiger partial charge is 0.493 e. The van der Waals surface area contributed by atoms with Crippen molar-refractivity contribution in [2.24, 2.45) is 0 Å². The Morgan fingerprint density at radius 2 is 1.79 bits per heavy atom. The molecule has 0 aliphatic carbocycles. The quantitative estimate of drug-likeness (QED) is 0.441. The predicted octanol–water partition coefficient (Wildman–Crippen LogP) is 4.40. The van der Waals surface area contributed by atoms with Gasteiger partial charge in [0.05, 0.1) is 19.1 Å². The molecule has 0 radical (unpaired) electrons. The van der Waals surface area contributed by atoms with Crippen LogP contribution >= 0.6 is 0 Å². The highest BCUT2D eigenvalue weighted by molar-refractivity contribution is 5.90. The maximum atomic E-state index is 13.0. The van der Waals surface area contributed by atoms with Gasteiger partial charge in [-0.2, -0.15) is 0 Å². The molecule has 0 bridgehead atoms. The van der Waals surface area contributed by atoms with Gasteiger partial charge in [0.2, 0.25) is 0 Å². The first kappa shape index (κ1) is 19.8. The van der Waals surface area contributed by atoms with Crippen LogP contribution in [0.3, 0.4) is 0 Å². The van der Waals surface area contributed by atoms with E-state index in [-0.39, 0.29) is 5.56 Å². The minimum Gasteiger partial charge on any atom is -0.493 e. The Balaban J connectivity index is 1.86. The zero-order valence-corrected chi connectivity index (χ0v) is 16.6. The summed E-state index contributed by atoms with van der Waals surface area (Å²) in [5.41, 5.74) is 7.60. The number of hydrogen-bond acceptors (Lipinski definition) is 4. The lowest BCUT2D eigenvalue weighted by molar-refractivity contribution is 0.289. The van der Waals surface area contributed by atoms with Crippen LogP contribution in [0.5, 0.6) is 11.5 Å². The average Bonchev–Trinajstić information content (AvgIpc) is 2.72. The molecule has 0 aliphatic rings. The maximum absolute atomic E-state index is 13.0. The zero-order valence-electron chi connectivity index (χ0n) is 16.6. The second kappa shape index (κ2) is 9.31. The van der Waals surface area contributed by atoms with Crippen molar-refractivity contribution >= 4 is 16.5 Å². The number of benzene rings is 2. The van der Waals surface area contributed by atoms with Gasteiger partial charge in [-0.25, -0.2) is 0 Å². The van der Waals surface area contributed by atoms with E-state index in [4.69, 9.17) is 15.2 Å². The van der Waals surface area contributed by atoms with Crippen LogP contribution in [0.15, 0.2) is 53.5 Å². The molecule has 0 unspecified atom stereocenters. The van der Waals surface area contributed by atoms with Gasteiger partial charge in [0.1, 0.15) is 0 Å². The highest BCUT2D eigenvalue weighted by Crippen LogP contribution is 2.34. The number of rotatable bonds is 9. The Morgan fingerprint density at radius 3 is 2.50 bits per heavy atom. The van der Waals surface area contributed by atoms with Crippen LogP contribution in [0, 0.1) is 0 Å². The summed E-state index contributed by atoms with van der Waals surface area (Å²) in [6, 6.07) is 13.3. The van der Waals surface area contributed by atoms with Crippen LogP contribution in [0.25, 0.3) is 10.8 Å². The Hall–Kier alpha value is -2.95. The molecule has 2 N–H and O–H groups in total. The normalized spacial score (nSPS) is 10.9. The minimum absolute atomic E-state index is 0.0194. The smallest absolute Gasteiger partial charge is 0.258 e. The predicted molar refractivity (Wildman–Crippen MR) is 114 cm³/mol. The summed E-state index contributed by atoms with van der Waals surface area (Å²) in [6.07, 6.45) is 5.83. The number of nitrogen functional groups attached to an aromatic ring is 1. The van der Waals surface area contributed by atoms with Crippen LogP contribution < -0.4 is 20.8 Å². The van der Waals surface area contributed by atoms with E-state index in [0.717, 1.165) is 42.3 Å². The number of fused-ring (bicyclic) bond motifs is 1. The number of hydrogen-bond donors (Lipinski definition) is 1. The van der Waals surface area contributed by atoms with Crippen molar-refractivity contribution < 1.29 is 9.47 Å². The molecule has 0 saturated carbocycles. The topological polar surface area (TPSA) is 66.5 Å². The summed E-state index contributed by atoms with van der Waals surface area (Å²) in [5, 5.41) is 1.44. The molecule has 0 fully saturated rings. The van der Waals surface area contributed by atoms with Crippen molar-refractivity contribution in [3.63, 3.8) is 0 Å². The van der Waals surface area contributed by atoms with Crippen LogP contribution in [0.4, 0.5) is 5.69 Å². The van der Waals surface area contributed by atoms with E-state index in [0.29, 0.717) is 30.0 Å². The monoisotopic (exact) mass is 380 g/mol. The van der Waals surface area contributed by atoms with Crippen molar-refractivity contribution in [3.05, 3.63) is 64.6 Å². The Bertz CT molecular complexity index is 978. The van der Waals surface area contributed by atoms with E-state index in [1.807, 2.05) is 48.7 Å². The summed E-state index contributed by atoms with van der Waals surface area (Å²) >= 11 is 0. The molecule has 1 aromatic heterocycles. The van der Waals surface area contributed by atoms with Gasteiger partial charge in [-0.05, 0) is 48.7 Å². The summed E-state index contributed by atoms with van der Waals surface area (Å²) in [4.78, 5) is 13.0. The number of nitrogens with zero attached hydrogens (tertiary/aromatic N) is 1. The third-order valence-electron chi connectivity index (χ3n) is 4.91. The number of unbranched alkanes of at least 4 members (excludes halogenated alkanes) is 2. The fourth-order valence-corrected chi connectivity index (χ4v) is 3.26. The lowest BCUT2D eigenvalue weighted by Crippen LogP contribution is -2.20. The molecule has 0 atom stereocenters. The van der Waals surface area contributed by atoms with Gasteiger partial charge in [-0.1, -0.05) is 31.9 Å². The molecule has 0 amide bonds. The molecular formula is C23H28N2O3. The number of nitrogens with two attached hydrogens (primary N) is 1. The lowest BCUT2D eigenvalue weighted by atomic mass is 10.1. The number of aromatic nitrogens is 1. The number of methoxy groups -OCH3 is 1. The molecule has 1 heterocycles. The number of pyridine rings is 1. The van der Waals surface area contributed by atoms with E-state index in [2.05, 4.69) is 6.92 Å². The number of anilines is 1. The first-order chi connectivity index (χ1) is 13.6. The van der Waals surface area contributed by atoms with Crippen molar-refractivity contribution in [3.8, 4) is 11.5 Å². The Kier molecular flexibility index (Phi) is 6.58. The van der Waals surface area contributed by atoms with Gasteiger partial charge in [0, 0.05) is 23.8 Å². The van der Waals surface area contributed by atoms with Crippen LogP contribution in [-0.4, -0.2) is 18.3 Å². The van der Waals surface area contributed by atoms with Crippen molar-refractivity contribution in [2.45, 2.75) is 39.2 Å². The molecule has 28 heavy (non-hydrogen) atoms. The highest BCUT2D eigenvalue weighted by Gasteiger charge is 2.13. The molecule has 3 rings (SSSR count). The highest BCUT2D eigenvalue weighted by atomic mass is 16.5. The van der Waals surface area contributed by atoms with E-state index < -0.39 is 0 Å². The summed E-state index contributed by atoms with van der Waals surface area (Å²) in [5.74, 6) is 1.31. The molecule has 0 spiro atoms. The molecule has 5 heteroatoms. The SMILES string of the molecule is CCCCCOc1c(OC)ccc2c(=O)n(CCc3ccc(N)cc3)ccc12. The third-order valence-corrected chi connectivity index (χ3v) is 4.91. The summed E-state index contributed by atoms with van der Waals surface area (Å²) in [7, 11) is 1.62. The van der Waals surface area contributed by atoms with Gasteiger partial charge in [-0.3, -0.25) is 4.79 Å². The van der Waals surface area contributed by atoms with Crippen molar-refractivity contribution in [2.75, 3.05) is 19.5 Å². The van der Waals surface area contributed by atoms with Gasteiger partial charge < -0.3 is 19.8 Å². The van der Waals surface area contributed by atoms with Gasteiger partial charge >= 0.3 is 0 Å². The van der Waals surface area contributed by atoms with E-state index >= 15 is 0 Å². The molecule has 0 aliphatic heterocycles. The van der Waals surface area contributed by atoms with Crippen molar-refractivity contribution in [1.82, 2.24) is 4.57 Å². The maximum Gasteiger partial charge on any atom is 0.258 e. The lowest BCUT2D eigenvalue weighted by Gasteiger charge is -2.14. The van der Waals surface area contributed by atoms with Gasteiger partial charge in [0.15, 0.2) is 11.5 Å². The third kappa shape index (κ3) is 4.47. The Labute approximate surface area is 165 Å². The van der Waals surface area contributed by atoms with Crippen LogP contribution in [0.2, 0.25) is 0 Å². The fraction of sp³-hybridized carbons (Fsp3) is 0.348. The van der Waals surface area contributed by atoms with Crippen LogP contribution in [0.1, 0.15) is 31.7 Å². The minimum atomic E-state index is -0.0194. The second-order valence-corrected chi connectivity index (χ2v) is 6.92. The second-order valence-electron chi connectivity index (χ2n) is 6.92. The van der Waals surface area contributed by atoms with Gasteiger partial charge in [-0.15, -0.1) is 0 Å². The van der Waals surface area contributed by atoms with E-state index in [9.17, 15) is 4.79 Å². The molecule has 148 valence electrons. The first-order valence-electron chi connectivity index (χ1n) is 9.81. The summed E-state index contributed by atoms with van der Waals surface area (Å²) in [6.45, 7) is 3.38. The summed E-state index contributed by atoms with van der Waals surface area (Å²) < 4.78 is 13.2. The molecule has 2 aromatic carbocycles. The molecule has 3 aromatic rings. The standard InChI is InChI=1S/C23H28N2O3/c1-3-4-5-16-28-22-19-13-15-25(14-12-17-6-8-18(24)9-7-17)23(26)20(19)10-11-21(22)27-2/h6-11,13,15H,3-5,12,14,16,24H2,1-2H3. The molecule has 5 nitrogen and oxygen atoms in total. The first-order valence-corrected chi connectivity index (χ1v) is 9.81. The zero-order chi connectivity index (χ0) is 19.9. The Morgan fingerprint density at radius 1 is 1.00 bits per heavy atom. The van der Waals surface area contributed by atoms with Gasteiger partial charge in [0.25, 0.3) is 5.56 Å². The van der Waals surface area contributed by atoms with Crippen LogP contribution in [-0.2, 0) is 13.0 Å². The van der Waals surface area contributed by atoms with Crippen molar-refractivity contribution in [1.29, 1.82) is 0 Å². The average molecular weight is 380 g/mol. The molecule has 0 saturated heterocycles. The number of ether oxygens (including phenoxy) is 2. The van der Waals surface area contributed by atoms with E-state index in [1.165, 1.54) is 0 Å². The van der Waals surface area contributed by atoms with E-state index in [1.54, 1.807) is 11.7 Å². The fourth-order valence-electron chi connectivity index (χ4n) is 3.26. The number of aryl methyl sites for hydroxylation is 2.